The zero-order chi connectivity index (χ0) is 12.0. The third kappa shape index (κ3) is 3.05. The summed E-state index contributed by atoms with van der Waals surface area (Å²) < 4.78 is 5.32. The van der Waals surface area contributed by atoms with Crippen LogP contribution in [0.4, 0.5) is 11.4 Å². The van der Waals surface area contributed by atoms with E-state index >= 15 is 0 Å². The molecular weight excluding hydrogens is 220 g/mol. The van der Waals surface area contributed by atoms with Gasteiger partial charge < -0.3 is 9.64 Å². The maximum Gasteiger partial charge on any atom is 0.142 e. The molecule has 0 aliphatic heterocycles. The predicted molar refractivity (Wildman–Crippen MR) is 71.2 cm³/mol. The summed E-state index contributed by atoms with van der Waals surface area (Å²) in [4.78, 5) is 6.11. The molecule has 0 radical (unpaired) electrons. The van der Waals surface area contributed by atoms with E-state index in [2.05, 4.69) is 34.2 Å². The molecule has 1 aromatic carbocycles. The van der Waals surface area contributed by atoms with Crippen LogP contribution in [0.1, 0.15) is 13.3 Å². The molecule has 16 heavy (non-hydrogen) atoms. The van der Waals surface area contributed by atoms with Gasteiger partial charge >= 0.3 is 0 Å². The van der Waals surface area contributed by atoms with Gasteiger partial charge in [0.1, 0.15) is 5.75 Å². The van der Waals surface area contributed by atoms with Gasteiger partial charge in [0.25, 0.3) is 0 Å². The number of rotatable bonds is 5. The van der Waals surface area contributed by atoms with E-state index in [1.54, 1.807) is 7.11 Å². The van der Waals surface area contributed by atoms with Crippen molar-refractivity contribution in [3.05, 3.63) is 18.2 Å². The summed E-state index contributed by atoms with van der Waals surface area (Å²) in [7, 11) is 3.70. The smallest absolute Gasteiger partial charge is 0.142 e. The average Bonchev–Trinajstić information content (AvgIpc) is 2.30. The number of benzene rings is 1. The quantitative estimate of drug-likeness (QED) is 0.579. The standard InChI is InChI=1S/C12H16N2OS/c1-4-7-14(2)11-8-10(13-9-16)5-6-12(11)15-3/h5-6,8H,4,7H2,1-3H3. The van der Waals surface area contributed by atoms with Crippen LogP contribution >= 0.6 is 12.2 Å². The minimum absolute atomic E-state index is 0.800. The number of isothiocyanates is 1. The first-order valence-corrected chi connectivity index (χ1v) is 5.60. The number of nitrogens with zero attached hydrogens (tertiary/aromatic N) is 2. The number of aliphatic imine (C=N–C) groups is 1. The number of ether oxygens (including phenoxy) is 1. The van der Waals surface area contributed by atoms with Crippen molar-refractivity contribution in [1.29, 1.82) is 0 Å². The van der Waals surface area contributed by atoms with Gasteiger partial charge in [0.15, 0.2) is 0 Å². The fourth-order valence-corrected chi connectivity index (χ4v) is 1.66. The van der Waals surface area contributed by atoms with E-state index in [0.717, 1.165) is 30.1 Å². The Labute approximate surface area is 102 Å². The van der Waals surface area contributed by atoms with Crippen molar-refractivity contribution >= 4 is 28.8 Å². The van der Waals surface area contributed by atoms with Gasteiger partial charge in [-0.1, -0.05) is 6.92 Å². The van der Waals surface area contributed by atoms with Crippen LogP contribution in [-0.2, 0) is 0 Å². The van der Waals surface area contributed by atoms with Crippen LogP contribution in [0.25, 0.3) is 0 Å². The first-order chi connectivity index (χ1) is 7.72. The molecule has 0 aromatic heterocycles. The lowest BCUT2D eigenvalue weighted by atomic mass is 10.2. The molecule has 0 saturated carbocycles. The Kier molecular flexibility index (Phi) is 4.96. The highest BCUT2D eigenvalue weighted by molar-refractivity contribution is 7.78. The van der Waals surface area contributed by atoms with Gasteiger partial charge in [0, 0.05) is 13.6 Å². The molecule has 4 heteroatoms. The van der Waals surface area contributed by atoms with Crippen molar-refractivity contribution in [2.24, 2.45) is 4.99 Å². The van der Waals surface area contributed by atoms with E-state index in [1.807, 2.05) is 25.2 Å². The Morgan fingerprint density at radius 2 is 2.25 bits per heavy atom. The minimum atomic E-state index is 0.800. The van der Waals surface area contributed by atoms with Crippen molar-refractivity contribution < 1.29 is 4.74 Å². The highest BCUT2D eigenvalue weighted by Gasteiger charge is 2.08. The first kappa shape index (κ1) is 12.7. The Hall–Kier alpha value is -1.38. The lowest BCUT2D eigenvalue weighted by Gasteiger charge is -2.21. The lowest BCUT2D eigenvalue weighted by Crippen LogP contribution is -2.18. The van der Waals surface area contributed by atoms with Crippen LogP contribution < -0.4 is 9.64 Å². The number of hydrogen-bond acceptors (Lipinski definition) is 4. The molecule has 0 aliphatic rings. The summed E-state index contributed by atoms with van der Waals surface area (Å²) in [5.41, 5.74) is 1.82. The van der Waals surface area contributed by atoms with Gasteiger partial charge in [-0.15, -0.1) is 0 Å². The zero-order valence-electron chi connectivity index (χ0n) is 9.86. The molecule has 0 bridgehead atoms. The van der Waals surface area contributed by atoms with Crippen LogP contribution in [0.3, 0.4) is 0 Å². The van der Waals surface area contributed by atoms with E-state index in [1.165, 1.54) is 0 Å². The maximum absolute atomic E-state index is 5.32. The number of anilines is 1. The van der Waals surface area contributed by atoms with Gasteiger partial charge in [-0.3, -0.25) is 0 Å². The summed E-state index contributed by atoms with van der Waals surface area (Å²) in [6.07, 6.45) is 1.08. The largest absolute Gasteiger partial charge is 0.495 e. The number of methoxy groups -OCH3 is 1. The molecule has 0 fully saturated rings. The Morgan fingerprint density at radius 3 is 2.81 bits per heavy atom. The molecule has 0 spiro atoms. The van der Waals surface area contributed by atoms with Gasteiger partial charge in [-0.05, 0) is 36.8 Å². The Bertz CT molecular complexity index is 400. The summed E-state index contributed by atoms with van der Waals surface area (Å²) in [6, 6.07) is 5.71. The van der Waals surface area contributed by atoms with Crippen molar-refractivity contribution in [3.8, 4) is 5.75 Å². The monoisotopic (exact) mass is 236 g/mol. The van der Waals surface area contributed by atoms with Gasteiger partial charge in [-0.25, -0.2) is 0 Å². The van der Waals surface area contributed by atoms with Crippen LogP contribution in [0, 0.1) is 0 Å². The molecule has 0 saturated heterocycles. The molecule has 0 unspecified atom stereocenters. The van der Waals surface area contributed by atoms with E-state index in [9.17, 15) is 0 Å². The molecule has 0 heterocycles. The zero-order valence-corrected chi connectivity index (χ0v) is 10.7. The van der Waals surface area contributed by atoms with Gasteiger partial charge in [0.2, 0.25) is 0 Å². The van der Waals surface area contributed by atoms with Crippen molar-refractivity contribution in [2.45, 2.75) is 13.3 Å². The third-order valence-corrected chi connectivity index (χ3v) is 2.40. The SMILES string of the molecule is CCCN(C)c1cc(N=C=S)ccc1OC. The molecule has 0 atom stereocenters. The molecule has 1 aromatic rings. The second kappa shape index (κ2) is 6.26. The maximum atomic E-state index is 5.32. The van der Waals surface area contributed by atoms with Crippen LogP contribution in [0.5, 0.6) is 5.75 Å². The predicted octanol–water partition coefficient (Wildman–Crippen LogP) is 3.28. The lowest BCUT2D eigenvalue weighted by molar-refractivity contribution is 0.415. The fourth-order valence-electron chi connectivity index (χ4n) is 1.55. The highest BCUT2D eigenvalue weighted by Crippen LogP contribution is 2.31. The van der Waals surface area contributed by atoms with E-state index < -0.39 is 0 Å². The van der Waals surface area contributed by atoms with Crippen molar-refractivity contribution in [1.82, 2.24) is 0 Å². The second-order valence-corrected chi connectivity index (χ2v) is 3.66. The fraction of sp³-hybridized carbons (Fsp3) is 0.417. The topological polar surface area (TPSA) is 24.8 Å². The van der Waals surface area contributed by atoms with Crippen LogP contribution in [0.15, 0.2) is 23.2 Å². The second-order valence-electron chi connectivity index (χ2n) is 3.48. The number of hydrogen-bond donors (Lipinski definition) is 0. The van der Waals surface area contributed by atoms with E-state index in [4.69, 9.17) is 4.74 Å². The normalized spacial score (nSPS) is 9.44. The molecule has 0 aliphatic carbocycles. The summed E-state index contributed by atoms with van der Waals surface area (Å²) in [5, 5.41) is 2.37. The van der Waals surface area contributed by atoms with E-state index in [-0.39, 0.29) is 0 Å². The van der Waals surface area contributed by atoms with Gasteiger partial charge in [0.05, 0.1) is 23.6 Å². The highest BCUT2D eigenvalue weighted by atomic mass is 32.1. The first-order valence-electron chi connectivity index (χ1n) is 5.20. The van der Waals surface area contributed by atoms with E-state index in [0.29, 0.717) is 0 Å². The van der Waals surface area contributed by atoms with Crippen molar-refractivity contribution in [3.63, 3.8) is 0 Å². The molecular formula is C12H16N2OS. The Balaban J connectivity index is 3.10. The Morgan fingerprint density at radius 1 is 1.50 bits per heavy atom. The molecule has 3 nitrogen and oxygen atoms in total. The van der Waals surface area contributed by atoms with Gasteiger partial charge in [-0.2, -0.15) is 4.99 Å². The molecule has 0 N–H and O–H groups in total. The van der Waals surface area contributed by atoms with Crippen LogP contribution in [0.2, 0.25) is 0 Å². The van der Waals surface area contributed by atoms with Crippen LogP contribution in [-0.4, -0.2) is 25.9 Å². The van der Waals surface area contributed by atoms with Crippen molar-refractivity contribution in [2.75, 3.05) is 25.6 Å². The third-order valence-electron chi connectivity index (χ3n) is 2.31. The number of thiocarbonyl (C=S) groups is 1. The average molecular weight is 236 g/mol. The summed E-state index contributed by atoms with van der Waals surface area (Å²) in [6.45, 7) is 3.11. The summed E-state index contributed by atoms with van der Waals surface area (Å²) in [5.74, 6) is 0.847. The minimum Gasteiger partial charge on any atom is -0.495 e. The molecule has 0 amide bonds. The molecule has 86 valence electrons. The molecule has 1 rings (SSSR count). The summed E-state index contributed by atoms with van der Waals surface area (Å²) >= 11 is 4.59.